The molecule has 6 atom stereocenters. The van der Waals surface area contributed by atoms with Gasteiger partial charge in [-0.1, -0.05) is 60.1 Å². The Morgan fingerprint density at radius 1 is 1.00 bits per heavy atom. The molecule has 1 saturated heterocycles. The SMILES string of the molecule is CCCCc1ccc(C(=O)N[C@@H](CNC(=O)NCCC)C(=O)N[C@@H](CC(C)C)B2OC3C[C@@H]4C[C@@H](C4(C)C)[C@]3(C)O2)cc1. The fraction of sp³-hybridized carbons (Fsp3) is 0.727. The van der Waals surface area contributed by atoms with E-state index in [0.717, 1.165) is 38.5 Å². The summed E-state index contributed by atoms with van der Waals surface area (Å²) in [5.74, 6) is 0.159. The largest absolute Gasteiger partial charge is 0.481 e. The predicted molar refractivity (Wildman–Crippen MR) is 169 cm³/mol. The summed E-state index contributed by atoms with van der Waals surface area (Å²) in [6.07, 6.45) is 6.71. The minimum absolute atomic E-state index is 0.000523. The smallest absolute Gasteiger partial charge is 0.404 e. The molecule has 1 aromatic carbocycles. The number of unbranched alkanes of at least 4 members (excludes halogenated alkanes) is 1. The van der Waals surface area contributed by atoms with Crippen LogP contribution in [0.3, 0.4) is 0 Å². The number of aryl methyl sites for hydroxylation is 1. The van der Waals surface area contributed by atoms with Gasteiger partial charge < -0.3 is 30.6 Å². The number of amides is 4. The van der Waals surface area contributed by atoms with Crippen molar-refractivity contribution >= 4 is 25.0 Å². The predicted octanol–water partition coefficient (Wildman–Crippen LogP) is 4.64. The maximum Gasteiger partial charge on any atom is 0.481 e. The second-order valence-corrected chi connectivity index (χ2v) is 14.0. The van der Waals surface area contributed by atoms with E-state index >= 15 is 0 Å². The molecule has 4 N–H and O–H groups in total. The van der Waals surface area contributed by atoms with Crippen LogP contribution in [-0.2, 0) is 20.5 Å². The van der Waals surface area contributed by atoms with Gasteiger partial charge in [0.15, 0.2) is 0 Å². The van der Waals surface area contributed by atoms with Gasteiger partial charge in [0.1, 0.15) is 6.04 Å². The van der Waals surface area contributed by atoms with E-state index in [9.17, 15) is 14.4 Å². The normalized spacial score (nSPS) is 26.6. The summed E-state index contributed by atoms with van der Waals surface area (Å²) < 4.78 is 13.2. The van der Waals surface area contributed by atoms with Crippen molar-refractivity contribution in [3.8, 4) is 0 Å². The van der Waals surface area contributed by atoms with Crippen LogP contribution in [-0.4, -0.2) is 61.7 Å². The van der Waals surface area contributed by atoms with E-state index in [1.807, 2.05) is 19.1 Å². The first-order chi connectivity index (χ1) is 20.4. The van der Waals surface area contributed by atoms with Gasteiger partial charge in [0.25, 0.3) is 5.91 Å². The Balaban J connectivity index is 1.47. The van der Waals surface area contributed by atoms with E-state index in [1.165, 1.54) is 5.56 Å². The highest BCUT2D eigenvalue weighted by atomic mass is 16.7. The van der Waals surface area contributed by atoms with Crippen molar-refractivity contribution < 1.29 is 23.7 Å². The van der Waals surface area contributed by atoms with Crippen molar-refractivity contribution in [3.63, 3.8) is 0 Å². The number of urea groups is 1. The molecule has 4 amide bonds. The zero-order chi connectivity index (χ0) is 31.4. The molecule has 2 bridgehead atoms. The molecule has 4 aliphatic rings. The number of benzene rings is 1. The molecule has 10 heteroatoms. The van der Waals surface area contributed by atoms with Gasteiger partial charge in [-0.2, -0.15) is 0 Å². The first kappa shape index (κ1) is 33.3. The van der Waals surface area contributed by atoms with Crippen LogP contribution in [0.4, 0.5) is 4.79 Å². The molecule has 1 unspecified atom stereocenters. The molecule has 0 spiro atoms. The van der Waals surface area contributed by atoms with Crippen LogP contribution in [0.25, 0.3) is 0 Å². The molecule has 4 fully saturated rings. The van der Waals surface area contributed by atoms with Crippen LogP contribution in [0.5, 0.6) is 0 Å². The summed E-state index contributed by atoms with van der Waals surface area (Å²) in [7, 11) is -0.579. The highest BCUT2D eigenvalue weighted by molar-refractivity contribution is 6.48. The third-order valence-corrected chi connectivity index (χ3v) is 10.0. The Labute approximate surface area is 258 Å². The van der Waals surface area contributed by atoms with Crippen molar-refractivity contribution in [1.29, 1.82) is 0 Å². The van der Waals surface area contributed by atoms with Crippen LogP contribution < -0.4 is 21.3 Å². The third-order valence-electron chi connectivity index (χ3n) is 10.0. The summed E-state index contributed by atoms with van der Waals surface area (Å²) in [5.41, 5.74) is 1.46. The van der Waals surface area contributed by atoms with Crippen molar-refractivity contribution in [1.82, 2.24) is 21.3 Å². The fourth-order valence-corrected chi connectivity index (χ4v) is 7.25. The standard InChI is InChI=1S/C33H53BN4O5/c1-8-10-11-22-12-14-23(15-13-22)29(39)37-25(20-36-31(41)35-16-9-2)30(40)38-28(17-21(3)4)34-42-27-19-24-18-26(32(24,5)6)33(27,7)43-34/h12-15,21,24-28H,8-11,16-20H2,1-7H3,(H,37,39)(H,38,40)(H2,35,36,41)/t24-,25-,26-,27?,28-,33-/m0/s1. The monoisotopic (exact) mass is 596 g/mol. The summed E-state index contributed by atoms with van der Waals surface area (Å²) in [4.78, 5) is 39.4. The highest BCUT2D eigenvalue weighted by Gasteiger charge is 2.68. The Hall–Kier alpha value is -2.59. The number of nitrogens with one attached hydrogen (secondary N) is 4. The van der Waals surface area contributed by atoms with Crippen LogP contribution in [0, 0.1) is 23.2 Å². The molecule has 1 aliphatic heterocycles. The lowest BCUT2D eigenvalue weighted by atomic mass is 9.43. The first-order valence-electron chi connectivity index (χ1n) is 16.4. The minimum atomic E-state index is -0.986. The second-order valence-electron chi connectivity index (χ2n) is 14.0. The van der Waals surface area contributed by atoms with Crippen molar-refractivity contribution in [3.05, 3.63) is 35.4 Å². The number of hydrogen-bond acceptors (Lipinski definition) is 5. The topological polar surface area (TPSA) is 118 Å². The molecule has 1 aromatic rings. The molecule has 5 rings (SSSR count). The second kappa shape index (κ2) is 14.0. The average Bonchev–Trinajstić information content (AvgIpc) is 3.33. The van der Waals surface area contributed by atoms with Crippen molar-refractivity contribution in [2.45, 2.75) is 117 Å². The lowest BCUT2D eigenvalue weighted by molar-refractivity contribution is -0.199. The van der Waals surface area contributed by atoms with Gasteiger partial charge in [-0.25, -0.2) is 4.79 Å². The molecule has 1 heterocycles. The van der Waals surface area contributed by atoms with Gasteiger partial charge in [-0.3, -0.25) is 9.59 Å². The van der Waals surface area contributed by atoms with Gasteiger partial charge in [0.05, 0.1) is 17.6 Å². The van der Waals surface area contributed by atoms with Crippen LogP contribution in [0.2, 0.25) is 0 Å². The maximum atomic E-state index is 13.8. The van der Waals surface area contributed by atoms with Crippen LogP contribution >= 0.6 is 0 Å². The zero-order valence-corrected chi connectivity index (χ0v) is 27.3. The van der Waals surface area contributed by atoms with Crippen molar-refractivity contribution in [2.24, 2.45) is 23.2 Å². The summed E-state index contributed by atoms with van der Waals surface area (Å²) in [5, 5.41) is 11.5. The number of rotatable bonds is 14. The average molecular weight is 597 g/mol. The van der Waals surface area contributed by atoms with Crippen LogP contribution in [0.15, 0.2) is 24.3 Å². The molecule has 238 valence electrons. The molecule has 0 radical (unpaired) electrons. The first-order valence-corrected chi connectivity index (χ1v) is 16.4. The number of carbonyl (C=O) groups is 3. The van der Waals surface area contributed by atoms with Gasteiger partial charge in [-0.05, 0) is 86.3 Å². The third kappa shape index (κ3) is 7.56. The molecular weight excluding hydrogens is 543 g/mol. The van der Waals surface area contributed by atoms with Gasteiger partial charge >= 0.3 is 13.1 Å². The Morgan fingerprint density at radius 2 is 1.72 bits per heavy atom. The van der Waals surface area contributed by atoms with Gasteiger partial charge in [-0.15, -0.1) is 0 Å². The van der Waals surface area contributed by atoms with Crippen LogP contribution in [0.1, 0.15) is 103 Å². The zero-order valence-electron chi connectivity index (χ0n) is 27.3. The summed E-state index contributed by atoms with van der Waals surface area (Å²) in [6, 6.07) is 6.11. The lowest BCUT2D eigenvalue weighted by Crippen LogP contribution is -2.65. The summed E-state index contributed by atoms with van der Waals surface area (Å²) in [6.45, 7) is 15.6. The quantitative estimate of drug-likeness (QED) is 0.234. The Kier molecular flexibility index (Phi) is 10.9. The Bertz CT molecular complexity index is 1130. The van der Waals surface area contributed by atoms with E-state index in [2.05, 4.69) is 62.8 Å². The number of carbonyl (C=O) groups excluding carboxylic acids is 3. The van der Waals surface area contributed by atoms with E-state index in [-0.39, 0.29) is 41.8 Å². The van der Waals surface area contributed by atoms with E-state index in [1.54, 1.807) is 12.1 Å². The molecule has 43 heavy (non-hydrogen) atoms. The maximum absolute atomic E-state index is 13.8. The summed E-state index contributed by atoms with van der Waals surface area (Å²) >= 11 is 0. The highest BCUT2D eigenvalue weighted by Crippen LogP contribution is 2.65. The van der Waals surface area contributed by atoms with Gasteiger partial charge in [0.2, 0.25) is 5.91 Å². The minimum Gasteiger partial charge on any atom is -0.404 e. The van der Waals surface area contributed by atoms with E-state index < -0.39 is 24.7 Å². The fourth-order valence-electron chi connectivity index (χ4n) is 7.25. The van der Waals surface area contributed by atoms with Gasteiger partial charge in [0, 0.05) is 18.7 Å². The van der Waals surface area contributed by atoms with E-state index in [4.69, 9.17) is 9.31 Å². The molecule has 0 aromatic heterocycles. The Morgan fingerprint density at radius 3 is 2.35 bits per heavy atom. The molecular formula is C33H53BN4O5. The lowest BCUT2D eigenvalue weighted by Gasteiger charge is -2.64. The molecule has 9 nitrogen and oxygen atoms in total. The van der Waals surface area contributed by atoms with E-state index in [0.29, 0.717) is 30.4 Å². The molecule has 3 saturated carbocycles. The number of hydrogen-bond donors (Lipinski definition) is 4. The molecule has 3 aliphatic carbocycles. The van der Waals surface area contributed by atoms with Crippen molar-refractivity contribution in [2.75, 3.05) is 13.1 Å².